The second kappa shape index (κ2) is 4.76. The van der Waals surface area contributed by atoms with E-state index in [0.717, 1.165) is 19.0 Å². The summed E-state index contributed by atoms with van der Waals surface area (Å²) in [4.78, 5) is 14.3. The van der Waals surface area contributed by atoms with Crippen molar-refractivity contribution in [3.05, 3.63) is 29.6 Å². The summed E-state index contributed by atoms with van der Waals surface area (Å²) in [5.41, 5.74) is 0.844. The third-order valence-electron chi connectivity index (χ3n) is 4.38. The molecule has 0 radical (unpaired) electrons. The number of carbonyl (C=O) groups is 1. The zero-order chi connectivity index (χ0) is 14.3. The van der Waals surface area contributed by atoms with Crippen LogP contribution in [0.2, 0.25) is 0 Å². The van der Waals surface area contributed by atoms with E-state index in [1.54, 1.807) is 0 Å². The van der Waals surface area contributed by atoms with Gasteiger partial charge in [-0.3, -0.25) is 4.79 Å². The third-order valence-corrected chi connectivity index (χ3v) is 4.38. The normalized spacial score (nSPS) is 20.4. The Morgan fingerprint density at radius 2 is 2.15 bits per heavy atom. The molecule has 0 N–H and O–H groups in total. The predicted molar refractivity (Wildman–Crippen MR) is 74.3 cm³/mol. The average Bonchev–Trinajstić information content (AvgIpc) is 2.32. The van der Waals surface area contributed by atoms with Gasteiger partial charge >= 0.3 is 0 Å². The molecule has 4 heteroatoms. The Hall–Kier alpha value is -1.58. The molecule has 1 aromatic carbocycles. The quantitative estimate of drug-likeness (QED) is 0.849. The van der Waals surface area contributed by atoms with E-state index in [2.05, 4.69) is 6.92 Å². The van der Waals surface area contributed by atoms with Crippen LogP contribution in [0.3, 0.4) is 0 Å². The monoisotopic (exact) mass is 277 g/mol. The third kappa shape index (κ3) is 2.17. The maximum absolute atomic E-state index is 13.3. The van der Waals surface area contributed by atoms with Crippen molar-refractivity contribution in [3.8, 4) is 5.75 Å². The van der Waals surface area contributed by atoms with Crippen molar-refractivity contribution in [3.63, 3.8) is 0 Å². The highest BCUT2D eigenvalue weighted by Gasteiger charge is 2.52. The molecule has 1 spiro atoms. The lowest BCUT2D eigenvalue weighted by Crippen LogP contribution is -2.63. The fourth-order valence-electron chi connectivity index (χ4n) is 3.70. The Kier molecular flexibility index (Phi) is 3.19. The summed E-state index contributed by atoms with van der Waals surface area (Å²) in [6, 6.07) is 4.13. The second-order valence-corrected chi connectivity index (χ2v) is 6.25. The summed E-state index contributed by atoms with van der Waals surface area (Å²) >= 11 is 0. The smallest absolute Gasteiger partial charge is 0.257 e. The molecule has 108 valence electrons. The van der Waals surface area contributed by atoms with Crippen LogP contribution in [0.5, 0.6) is 5.75 Å². The maximum atomic E-state index is 13.3. The van der Waals surface area contributed by atoms with Gasteiger partial charge in [-0.05, 0) is 37.8 Å². The van der Waals surface area contributed by atoms with Crippen molar-refractivity contribution in [1.82, 2.24) is 4.90 Å². The summed E-state index contributed by atoms with van der Waals surface area (Å²) in [5.74, 6) is 0.717. The van der Waals surface area contributed by atoms with Gasteiger partial charge in [0.1, 0.15) is 11.6 Å². The van der Waals surface area contributed by atoms with Gasteiger partial charge in [0.15, 0.2) is 0 Å². The fourth-order valence-corrected chi connectivity index (χ4v) is 3.70. The SMILES string of the molecule is CCOc1cc(F)ccc1C(=O)N1CC2(CC(C)C2)C1. The van der Waals surface area contributed by atoms with E-state index in [9.17, 15) is 9.18 Å². The first-order valence-electron chi connectivity index (χ1n) is 7.25. The highest BCUT2D eigenvalue weighted by atomic mass is 19.1. The molecule has 1 aliphatic heterocycles. The summed E-state index contributed by atoms with van der Waals surface area (Å²) in [6.45, 7) is 6.17. The Balaban J connectivity index is 1.72. The first-order valence-corrected chi connectivity index (χ1v) is 7.25. The van der Waals surface area contributed by atoms with Crippen molar-refractivity contribution < 1.29 is 13.9 Å². The lowest BCUT2D eigenvalue weighted by atomic mass is 9.58. The number of hydrogen-bond acceptors (Lipinski definition) is 2. The molecule has 2 fully saturated rings. The van der Waals surface area contributed by atoms with E-state index >= 15 is 0 Å². The Labute approximate surface area is 118 Å². The molecule has 1 aromatic rings. The van der Waals surface area contributed by atoms with Crippen LogP contribution in [-0.2, 0) is 0 Å². The first kappa shape index (κ1) is 13.4. The largest absolute Gasteiger partial charge is 0.493 e. The van der Waals surface area contributed by atoms with Crippen LogP contribution < -0.4 is 4.74 Å². The van der Waals surface area contributed by atoms with Crippen LogP contribution in [0.15, 0.2) is 18.2 Å². The molecule has 1 amide bonds. The van der Waals surface area contributed by atoms with Crippen LogP contribution in [0, 0.1) is 17.2 Å². The summed E-state index contributed by atoms with van der Waals surface area (Å²) < 4.78 is 18.6. The van der Waals surface area contributed by atoms with Gasteiger partial charge in [0, 0.05) is 24.6 Å². The van der Waals surface area contributed by atoms with Gasteiger partial charge in [-0.15, -0.1) is 0 Å². The number of rotatable bonds is 3. The van der Waals surface area contributed by atoms with Crippen LogP contribution in [0.4, 0.5) is 4.39 Å². The van der Waals surface area contributed by atoms with Crippen molar-refractivity contribution in [1.29, 1.82) is 0 Å². The van der Waals surface area contributed by atoms with Gasteiger partial charge in [-0.2, -0.15) is 0 Å². The van der Waals surface area contributed by atoms with E-state index in [0.29, 0.717) is 23.3 Å². The highest BCUT2D eigenvalue weighted by molar-refractivity contribution is 5.97. The van der Waals surface area contributed by atoms with E-state index < -0.39 is 0 Å². The van der Waals surface area contributed by atoms with Crippen molar-refractivity contribution in [2.75, 3.05) is 19.7 Å². The lowest BCUT2D eigenvalue weighted by Gasteiger charge is -2.58. The number of carbonyl (C=O) groups excluding carboxylic acids is 1. The topological polar surface area (TPSA) is 29.5 Å². The number of halogens is 1. The van der Waals surface area contributed by atoms with Gasteiger partial charge in [0.05, 0.1) is 12.2 Å². The van der Waals surface area contributed by atoms with Gasteiger partial charge in [-0.25, -0.2) is 4.39 Å². The molecule has 0 bridgehead atoms. The van der Waals surface area contributed by atoms with Gasteiger partial charge < -0.3 is 9.64 Å². The first-order chi connectivity index (χ1) is 9.53. The summed E-state index contributed by atoms with van der Waals surface area (Å²) in [5, 5.41) is 0. The van der Waals surface area contributed by atoms with Crippen molar-refractivity contribution in [2.24, 2.45) is 11.3 Å². The molecule has 3 nitrogen and oxygen atoms in total. The number of hydrogen-bond donors (Lipinski definition) is 0. The second-order valence-electron chi connectivity index (χ2n) is 6.25. The minimum atomic E-state index is -0.377. The Bertz CT molecular complexity index is 529. The molecule has 0 atom stereocenters. The Morgan fingerprint density at radius 1 is 1.45 bits per heavy atom. The maximum Gasteiger partial charge on any atom is 0.257 e. The number of nitrogens with zero attached hydrogens (tertiary/aromatic N) is 1. The summed E-state index contributed by atoms with van der Waals surface area (Å²) in [6.07, 6.45) is 2.44. The van der Waals surface area contributed by atoms with E-state index in [1.807, 2.05) is 11.8 Å². The number of amides is 1. The van der Waals surface area contributed by atoms with Crippen LogP contribution in [-0.4, -0.2) is 30.5 Å². The zero-order valence-electron chi connectivity index (χ0n) is 12.0. The molecular weight excluding hydrogens is 257 g/mol. The molecule has 20 heavy (non-hydrogen) atoms. The van der Waals surface area contributed by atoms with Gasteiger partial charge in [0.25, 0.3) is 5.91 Å². The van der Waals surface area contributed by atoms with E-state index in [1.165, 1.54) is 31.0 Å². The van der Waals surface area contributed by atoms with Gasteiger partial charge in [-0.1, -0.05) is 6.92 Å². The molecule has 0 aromatic heterocycles. The molecule has 1 aliphatic carbocycles. The fraction of sp³-hybridized carbons (Fsp3) is 0.562. The average molecular weight is 277 g/mol. The number of benzene rings is 1. The molecule has 0 unspecified atom stereocenters. The standard InChI is InChI=1S/C16H20FNO2/c1-3-20-14-6-12(17)4-5-13(14)15(19)18-9-16(10-18)7-11(2)8-16/h4-6,11H,3,7-10H2,1-2H3. The summed E-state index contributed by atoms with van der Waals surface area (Å²) in [7, 11) is 0. The van der Waals surface area contributed by atoms with Crippen LogP contribution >= 0.6 is 0 Å². The van der Waals surface area contributed by atoms with Gasteiger partial charge in [0.2, 0.25) is 0 Å². The Morgan fingerprint density at radius 3 is 2.75 bits per heavy atom. The minimum absolute atomic E-state index is 0.0429. The van der Waals surface area contributed by atoms with Crippen molar-refractivity contribution in [2.45, 2.75) is 26.7 Å². The number of likely N-dealkylation sites (tertiary alicyclic amines) is 1. The molecule has 1 saturated heterocycles. The molecule has 3 rings (SSSR count). The van der Waals surface area contributed by atoms with E-state index in [-0.39, 0.29) is 11.7 Å². The highest BCUT2D eigenvalue weighted by Crippen LogP contribution is 2.52. The van der Waals surface area contributed by atoms with Crippen LogP contribution in [0.25, 0.3) is 0 Å². The molecule has 1 saturated carbocycles. The molecule has 1 heterocycles. The lowest BCUT2D eigenvalue weighted by molar-refractivity contribution is -0.0712. The minimum Gasteiger partial charge on any atom is -0.493 e. The van der Waals surface area contributed by atoms with E-state index in [4.69, 9.17) is 4.74 Å². The molecular formula is C16H20FNO2. The van der Waals surface area contributed by atoms with Crippen molar-refractivity contribution >= 4 is 5.91 Å². The zero-order valence-corrected chi connectivity index (χ0v) is 12.0. The number of ether oxygens (including phenoxy) is 1. The molecule has 2 aliphatic rings. The van der Waals surface area contributed by atoms with Crippen LogP contribution in [0.1, 0.15) is 37.0 Å². The predicted octanol–water partition coefficient (Wildman–Crippen LogP) is 3.10.